The minimum atomic E-state index is 0.738. The van der Waals surface area contributed by atoms with Crippen LogP contribution in [0.4, 0.5) is 0 Å². The summed E-state index contributed by atoms with van der Waals surface area (Å²) < 4.78 is 1.24. The first-order valence-electron chi connectivity index (χ1n) is 7.46. The van der Waals surface area contributed by atoms with Gasteiger partial charge in [0.1, 0.15) is 0 Å². The second kappa shape index (κ2) is 7.02. The number of nitrogens with one attached hydrogen (secondary N) is 1. The predicted molar refractivity (Wildman–Crippen MR) is 103 cm³/mol. The number of fused-ring (bicyclic) bond motifs is 1. The van der Waals surface area contributed by atoms with Crippen LogP contribution in [-0.4, -0.2) is 11.5 Å². The number of aryl methyl sites for hydroxylation is 1. The molecular formula is C18H18ClIN2. The van der Waals surface area contributed by atoms with Crippen LogP contribution >= 0.6 is 34.2 Å². The van der Waals surface area contributed by atoms with Gasteiger partial charge < -0.3 is 10.7 Å². The highest BCUT2D eigenvalue weighted by Crippen LogP contribution is 2.34. The zero-order valence-corrected chi connectivity index (χ0v) is 15.1. The molecule has 0 aliphatic carbocycles. The molecule has 0 atom stereocenters. The van der Waals surface area contributed by atoms with Crippen LogP contribution in [0.3, 0.4) is 0 Å². The number of aromatic amines is 1. The Hall–Kier alpha value is -1.04. The number of nitrogens with two attached hydrogens (primary N) is 1. The molecule has 0 aliphatic heterocycles. The molecule has 0 aliphatic rings. The maximum absolute atomic E-state index is 6.36. The van der Waals surface area contributed by atoms with Crippen LogP contribution < -0.4 is 5.73 Å². The second-order valence-electron chi connectivity index (χ2n) is 5.39. The number of rotatable bonds is 5. The number of unbranched alkanes of at least 4 members (excludes halogenated alkanes) is 1. The average Bonchev–Trinajstić information content (AvgIpc) is 2.89. The molecule has 3 N–H and O–H groups in total. The summed E-state index contributed by atoms with van der Waals surface area (Å²) in [4.78, 5) is 3.53. The molecule has 3 aromatic rings. The molecule has 0 bridgehead atoms. The van der Waals surface area contributed by atoms with E-state index < -0.39 is 0 Å². The second-order valence-corrected chi connectivity index (χ2v) is 7.05. The van der Waals surface area contributed by atoms with Crippen molar-refractivity contribution in [3.05, 3.63) is 56.6 Å². The average molecular weight is 425 g/mol. The van der Waals surface area contributed by atoms with E-state index in [0.29, 0.717) is 0 Å². The molecule has 0 saturated carbocycles. The number of hydrogen-bond acceptors (Lipinski definition) is 1. The molecule has 2 nitrogen and oxygen atoms in total. The van der Waals surface area contributed by atoms with E-state index in [-0.39, 0.29) is 0 Å². The molecule has 0 amide bonds. The van der Waals surface area contributed by atoms with Gasteiger partial charge in [0, 0.05) is 14.7 Å². The van der Waals surface area contributed by atoms with E-state index in [9.17, 15) is 0 Å². The van der Waals surface area contributed by atoms with Crippen LogP contribution in [-0.2, 0) is 6.42 Å². The fraction of sp³-hybridized carbons (Fsp3) is 0.222. The van der Waals surface area contributed by atoms with Crippen molar-refractivity contribution >= 4 is 45.1 Å². The first-order chi connectivity index (χ1) is 10.7. The highest BCUT2D eigenvalue weighted by atomic mass is 127. The lowest BCUT2D eigenvalue weighted by molar-refractivity contribution is 0.748. The third-order valence-electron chi connectivity index (χ3n) is 3.90. The third kappa shape index (κ3) is 3.16. The normalized spacial score (nSPS) is 11.2. The number of para-hydroxylation sites is 1. The molecule has 0 fully saturated rings. The third-order valence-corrected chi connectivity index (χ3v) is 4.94. The molecule has 0 radical (unpaired) electrons. The maximum Gasteiger partial charge on any atom is 0.0651 e. The van der Waals surface area contributed by atoms with Crippen LogP contribution in [0.1, 0.15) is 18.4 Å². The Labute approximate surface area is 149 Å². The summed E-state index contributed by atoms with van der Waals surface area (Å²) in [5.74, 6) is 0. The van der Waals surface area contributed by atoms with Crippen molar-refractivity contribution in [1.29, 1.82) is 0 Å². The quantitative estimate of drug-likeness (QED) is 0.419. The van der Waals surface area contributed by atoms with Gasteiger partial charge >= 0.3 is 0 Å². The molecule has 1 aromatic heterocycles. The lowest BCUT2D eigenvalue weighted by Gasteiger charge is -2.05. The molecule has 4 heteroatoms. The predicted octanol–water partition coefficient (Wildman–Crippen LogP) is 5.37. The molecule has 2 aromatic carbocycles. The van der Waals surface area contributed by atoms with Crippen molar-refractivity contribution in [2.24, 2.45) is 5.73 Å². The fourth-order valence-corrected chi connectivity index (χ4v) is 3.39. The standard InChI is InChI=1S/C18H18ClIN2/c19-16-6-3-5-15-14(4-1-2-11-21)17(22-18(15)16)12-7-9-13(20)10-8-12/h3,5-10,22H,1-2,4,11,21H2. The van der Waals surface area contributed by atoms with Crippen LogP contribution in [0.25, 0.3) is 22.2 Å². The Morgan fingerprint density at radius 1 is 1.05 bits per heavy atom. The highest BCUT2D eigenvalue weighted by molar-refractivity contribution is 14.1. The monoisotopic (exact) mass is 424 g/mol. The van der Waals surface area contributed by atoms with Crippen LogP contribution in [0.15, 0.2) is 42.5 Å². The van der Waals surface area contributed by atoms with Crippen molar-refractivity contribution in [3.63, 3.8) is 0 Å². The number of H-pyrrole nitrogens is 1. The zero-order chi connectivity index (χ0) is 15.5. The van der Waals surface area contributed by atoms with Gasteiger partial charge in [0.2, 0.25) is 0 Å². The largest absolute Gasteiger partial charge is 0.353 e. The first-order valence-corrected chi connectivity index (χ1v) is 8.91. The molecular weight excluding hydrogens is 407 g/mol. The number of benzene rings is 2. The number of halogens is 2. The molecule has 0 saturated heterocycles. The van der Waals surface area contributed by atoms with Crippen LogP contribution in [0.5, 0.6) is 0 Å². The minimum absolute atomic E-state index is 0.738. The summed E-state index contributed by atoms with van der Waals surface area (Å²) in [6, 6.07) is 14.7. The lowest BCUT2D eigenvalue weighted by Crippen LogP contribution is -1.99. The van der Waals surface area contributed by atoms with Crippen molar-refractivity contribution in [2.75, 3.05) is 6.54 Å². The van der Waals surface area contributed by atoms with E-state index in [1.54, 1.807) is 0 Å². The molecule has 1 heterocycles. The van der Waals surface area contributed by atoms with Gasteiger partial charge in [-0.15, -0.1) is 0 Å². The maximum atomic E-state index is 6.36. The van der Waals surface area contributed by atoms with E-state index in [1.165, 1.54) is 25.8 Å². The molecule has 114 valence electrons. The van der Waals surface area contributed by atoms with Gasteiger partial charge in [-0.05, 0) is 77.7 Å². The molecule has 3 rings (SSSR count). The van der Waals surface area contributed by atoms with Crippen molar-refractivity contribution in [3.8, 4) is 11.3 Å². The first kappa shape index (κ1) is 15.8. The van der Waals surface area contributed by atoms with Crippen molar-refractivity contribution in [1.82, 2.24) is 4.98 Å². The summed E-state index contributed by atoms with van der Waals surface area (Å²) in [6.45, 7) is 0.738. The van der Waals surface area contributed by atoms with Crippen molar-refractivity contribution in [2.45, 2.75) is 19.3 Å². The van der Waals surface area contributed by atoms with Gasteiger partial charge in [-0.3, -0.25) is 0 Å². The summed E-state index contributed by atoms with van der Waals surface area (Å²) in [7, 11) is 0. The SMILES string of the molecule is NCCCCc1c(-c2ccc(I)cc2)[nH]c2c(Cl)cccc12. The van der Waals surface area contributed by atoms with E-state index in [0.717, 1.165) is 36.3 Å². The number of hydrogen-bond donors (Lipinski definition) is 2. The summed E-state index contributed by atoms with van der Waals surface area (Å²) >= 11 is 8.69. The summed E-state index contributed by atoms with van der Waals surface area (Å²) in [6.07, 6.45) is 3.14. The van der Waals surface area contributed by atoms with Crippen LogP contribution in [0.2, 0.25) is 5.02 Å². The Kier molecular flexibility index (Phi) is 5.06. The molecule has 0 spiro atoms. The van der Waals surface area contributed by atoms with E-state index in [2.05, 4.69) is 57.9 Å². The highest BCUT2D eigenvalue weighted by Gasteiger charge is 2.14. The summed E-state index contributed by atoms with van der Waals surface area (Å²) in [5, 5.41) is 1.99. The van der Waals surface area contributed by atoms with Gasteiger partial charge in [-0.25, -0.2) is 0 Å². The Bertz CT molecular complexity index is 778. The zero-order valence-electron chi connectivity index (χ0n) is 12.2. The van der Waals surface area contributed by atoms with Crippen LogP contribution in [0, 0.1) is 3.57 Å². The van der Waals surface area contributed by atoms with Gasteiger partial charge in [-0.1, -0.05) is 35.9 Å². The number of aromatic nitrogens is 1. The Morgan fingerprint density at radius 3 is 2.55 bits per heavy atom. The smallest absolute Gasteiger partial charge is 0.0651 e. The van der Waals surface area contributed by atoms with Crippen molar-refractivity contribution < 1.29 is 0 Å². The van der Waals surface area contributed by atoms with Gasteiger partial charge in [0.25, 0.3) is 0 Å². The van der Waals surface area contributed by atoms with Gasteiger partial charge in [0.15, 0.2) is 0 Å². The minimum Gasteiger partial charge on any atom is -0.353 e. The fourth-order valence-electron chi connectivity index (χ4n) is 2.81. The van der Waals surface area contributed by atoms with E-state index >= 15 is 0 Å². The van der Waals surface area contributed by atoms with Gasteiger partial charge in [-0.2, -0.15) is 0 Å². The lowest BCUT2D eigenvalue weighted by atomic mass is 10.0. The van der Waals surface area contributed by atoms with E-state index in [1.807, 2.05) is 12.1 Å². The molecule has 22 heavy (non-hydrogen) atoms. The van der Waals surface area contributed by atoms with Gasteiger partial charge in [0.05, 0.1) is 10.5 Å². The van der Waals surface area contributed by atoms with E-state index in [4.69, 9.17) is 17.3 Å². The molecule has 0 unspecified atom stereocenters. The Morgan fingerprint density at radius 2 is 1.82 bits per heavy atom. The Balaban J connectivity index is 2.12. The topological polar surface area (TPSA) is 41.8 Å². The summed E-state index contributed by atoms with van der Waals surface area (Å²) in [5.41, 5.74) is 10.4.